The van der Waals surface area contributed by atoms with Gasteiger partial charge in [-0.05, 0) is 38.5 Å². The Morgan fingerprint density at radius 3 is 0.783 bits per heavy atom. The number of esters is 3. The molecular formula is C63H120O6. The number of unbranched alkanes of at least 4 members (excludes halogenated alkanes) is 45. The van der Waals surface area contributed by atoms with Crippen LogP contribution in [0.4, 0.5) is 0 Å². The summed E-state index contributed by atoms with van der Waals surface area (Å²) in [6.07, 6.45) is 68.1. The Kier molecular flexibility index (Phi) is 57.1. The third-order valence-corrected chi connectivity index (χ3v) is 14.3. The highest BCUT2D eigenvalue weighted by molar-refractivity contribution is 5.71. The van der Waals surface area contributed by atoms with Gasteiger partial charge < -0.3 is 14.2 Å². The summed E-state index contributed by atoms with van der Waals surface area (Å²) in [5.41, 5.74) is 0. The standard InChI is InChI=1S/C63H120O6/c1-4-7-10-13-16-19-22-24-25-26-27-28-29-30-31-32-33-34-35-36-37-38-40-41-44-47-50-53-56-62(65)68-59-60(58-67-61(64)55-52-49-46-43-21-18-15-12-9-6-3)69-63(66)57-54-51-48-45-42-39-23-20-17-14-11-8-5-2/h12,15,60H,4-11,13-14,16-59H2,1-3H3/b15-12-. The summed E-state index contributed by atoms with van der Waals surface area (Å²) in [4.78, 5) is 38.1. The zero-order chi connectivity index (χ0) is 50.0. The molecule has 408 valence electrons. The average Bonchev–Trinajstić information content (AvgIpc) is 3.35. The molecule has 0 radical (unpaired) electrons. The maximum Gasteiger partial charge on any atom is 0.306 e. The first-order chi connectivity index (χ1) is 34.0. The van der Waals surface area contributed by atoms with E-state index in [1.165, 1.54) is 244 Å². The highest BCUT2D eigenvalue weighted by Gasteiger charge is 2.19. The van der Waals surface area contributed by atoms with Crippen LogP contribution in [-0.4, -0.2) is 37.2 Å². The first kappa shape index (κ1) is 67.1. The largest absolute Gasteiger partial charge is 0.462 e. The second-order valence-corrected chi connectivity index (χ2v) is 21.3. The number of ether oxygens (including phenoxy) is 3. The highest BCUT2D eigenvalue weighted by Crippen LogP contribution is 2.18. The lowest BCUT2D eigenvalue weighted by atomic mass is 10.0. The summed E-state index contributed by atoms with van der Waals surface area (Å²) in [5, 5.41) is 0. The van der Waals surface area contributed by atoms with Crippen LogP contribution in [0.15, 0.2) is 12.2 Å². The van der Waals surface area contributed by atoms with E-state index >= 15 is 0 Å². The molecule has 6 nitrogen and oxygen atoms in total. The van der Waals surface area contributed by atoms with E-state index in [4.69, 9.17) is 14.2 Å². The number of allylic oxidation sites excluding steroid dienone is 2. The number of carbonyl (C=O) groups excluding carboxylic acids is 3. The predicted molar refractivity (Wildman–Crippen MR) is 298 cm³/mol. The maximum atomic E-state index is 12.8. The minimum Gasteiger partial charge on any atom is -0.462 e. The van der Waals surface area contributed by atoms with Crippen molar-refractivity contribution in [3.63, 3.8) is 0 Å². The van der Waals surface area contributed by atoms with Crippen LogP contribution in [0, 0.1) is 0 Å². The number of hydrogen-bond donors (Lipinski definition) is 0. The van der Waals surface area contributed by atoms with Crippen molar-refractivity contribution in [3.8, 4) is 0 Å². The minimum atomic E-state index is -0.767. The van der Waals surface area contributed by atoms with E-state index in [0.717, 1.165) is 70.6 Å². The molecule has 0 rings (SSSR count). The van der Waals surface area contributed by atoms with Gasteiger partial charge >= 0.3 is 17.9 Å². The van der Waals surface area contributed by atoms with Crippen LogP contribution in [0.5, 0.6) is 0 Å². The van der Waals surface area contributed by atoms with E-state index in [0.29, 0.717) is 19.3 Å². The third-order valence-electron chi connectivity index (χ3n) is 14.3. The fourth-order valence-corrected chi connectivity index (χ4v) is 9.57. The first-order valence-electron chi connectivity index (χ1n) is 31.2. The van der Waals surface area contributed by atoms with Crippen LogP contribution in [0.2, 0.25) is 0 Å². The fraction of sp³-hybridized carbons (Fsp3) is 0.921. The maximum absolute atomic E-state index is 12.8. The number of hydrogen-bond acceptors (Lipinski definition) is 6. The Bertz CT molecular complexity index is 1070. The van der Waals surface area contributed by atoms with Gasteiger partial charge in [0.25, 0.3) is 0 Å². The average molecular weight is 974 g/mol. The van der Waals surface area contributed by atoms with Crippen molar-refractivity contribution in [2.45, 2.75) is 361 Å². The minimum absolute atomic E-state index is 0.0668. The Morgan fingerprint density at radius 2 is 0.507 bits per heavy atom. The van der Waals surface area contributed by atoms with Crippen molar-refractivity contribution in [1.82, 2.24) is 0 Å². The fourth-order valence-electron chi connectivity index (χ4n) is 9.57. The molecular weight excluding hydrogens is 853 g/mol. The molecule has 0 bridgehead atoms. The van der Waals surface area contributed by atoms with Crippen LogP contribution < -0.4 is 0 Å². The lowest BCUT2D eigenvalue weighted by Crippen LogP contribution is -2.30. The zero-order valence-electron chi connectivity index (χ0n) is 46.9. The summed E-state index contributed by atoms with van der Waals surface area (Å²) in [6, 6.07) is 0. The summed E-state index contributed by atoms with van der Waals surface area (Å²) in [5.74, 6) is -0.854. The van der Waals surface area contributed by atoms with Crippen LogP contribution in [0.1, 0.15) is 355 Å². The van der Waals surface area contributed by atoms with Gasteiger partial charge in [0, 0.05) is 19.3 Å². The van der Waals surface area contributed by atoms with Crippen LogP contribution in [-0.2, 0) is 28.6 Å². The van der Waals surface area contributed by atoms with Crippen molar-refractivity contribution in [2.24, 2.45) is 0 Å². The highest BCUT2D eigenvalue weighted by atomic mass is 16.6. The van der Waals surface area contributed by atoms with Crippen molar-refractivity contribution >= 4 is 17.9 Å². The van der Waals surface area contributed by atoms with Crippen molar-refractivity contribution in [3.05, 3.63) is 12.2 Å². The van der Waals surface area contributed by atoms with Gasteiger partial charge in [-0.25, -0.2) is 0 Å². The second-order valence-electron chi connectivity index (χ2n) is 21.3. The Hall–Kier alpha value is -1.85. The van der Waals surface area contributed by atoms with Gasteiger partial charge in [0.05, 0.1) is 0 Å². The quantitative estimate of drug-likeness (QED) is 0.0261. The van der Waals surface area contributed by atoms with Crippen LogP contribution in [0.3, 0.4) is 0 Å². The van der Waals surface area contributed by atoms with Crippen molar-refractivity contribution in [1.29, 1.82) is 0 Å². The lowest BCUT2D eigenvalue weighted by molar-refractivity contribution is -0.167. The second kappa shape index (κ2) is 58.7. The molecule has 0 amide bonds. The Labute approximate surface area is 431 Å². The normalized spacial score (nSPS) is 12.0. The van der Waals surface area contributed by atoms with Gasteiger partial charge in [0.1, 0.15) is 13.2 Å². The lowest BCUT2D eigenvalue weighted by Gasteiger charge is -2.18. The molecule has 0 heterocycles. The van der Waals surface area contributed by atoms with Crippen LogP contribution >= 0.6 is 0 Å². The van der Waals surface area contributed by atoms with Gasteiger partial charge in [0.15, 0.2) is 6.10 Å². The SMILES string of the molecule is CCC/C=C\CCCCCCCC(=O)OCC(COC(=O)CCCCCCCCCCCCCCCCCCCCCCCCCCCCCC)OC(=O)CCCCCCCCCCCCCCC. The Morgan fingerprint density at radius 1 is 0.275 bits per heavy atom. The van der Waals surface area contributed by atoms with E-state index in [2.05, 4.69) is 32.9 Å². The van der Waals surface area contributed by atoms with Gasteiger partial charge in [-0.15, -0.1) is 0 Å². The molecule has 0 saturated carbocycles. The molecule has 1 unspecified atom stereocenters. The monoisotopic (exact) mass is 973 g/mol. The topological polar surface area (TPSA) is 78.9 Å². The van der Waals surface area contributed by atoms with E-state index in [1.54, 1.807) is 0 Å². The first-order valence-corrected chi connectivity index (χ1v) is 31.2. The molecule has 0 aliphatic carbocycles. The van der Waals surface area contributed by atoms with Gasteiger partial charge in [0.2, 0.25) is 0 Å². The van der Waals surface area contributed by atoms with E-state index in [9.17, 15) is 14.4 Å². The van der Waals surface area contributed by atoms with E-state index in [1.807, 2.05) is 0 Å². The molecule has 0 aromatic rings. The summed E-state index contributed by atoms with van der Waals surface area (Å²) >= 11 is 0. The van der Waals surface area contributed by atoms with Crippen molar-refractivity contribution in [2.75, 3.05) is 13.2 Å². The van der Waals surface area contributed by atoms with Crippen LogP contribution in [0.25, 0.3) is 0 Å². The molecule has 0 N–H and O–H groups in total. The summed E-state index contributed by atoms with van der Waals surface area (Å²) in [6.45, 7) is 6.63. The molecule has 69 heavy (non-hydrogen) atoms. The molecule has 0 aromatic heterocycles. The molecule has 0 spiro atoms. The summed E-state index contributed by atoms with van der Waals surface area (Å²) in [7, 11) is 0. The van der Waals surface area contributed by atoms with E-state index in [-0.39, 0.29) is 31.1 Å². The van der Waals surface area contributed by atoms with Gasteiger partial charge in [-0.3, -0.25) is 14.4 Å². The third kappa shape index (κ3) is 56.9. The number of carbonyl (C=O) groups is 3. The molecule has 6 heteroatoms. The predicted octanol–water partition coefficient (Wildman–Crippen LogP) is 20.9. The summed E-state index contributed by atoms with van der Waals surface area (Å²) < 4.78 is 16.9. The molecule has 0 aliphatic rings. The Balaban J connectivity index is 4.05. The molecule has 0 fully saturated rings. The van der Waals surface area contributed by atoms with E-state index < -0.39 is 6.10 Å². The molecule has 1 atom stereocenters. The molecule has 0 aromatic carbocycles. The zero-order valence-corrected chi connectivity index (χ0v) is 46.9. The van der Waals surface area contributed by atoms with Gasteiger partial charge in [-0.2, -0.15) is 0 Å². The molecule has 0 aliphatic heterocycles. The smallest absolute Gasteiger partial charge is 0.306 e. The molecule has 0 saturated heterocycles. The van der Waals surface area contributed by atoms with Gasteiger partial charge in [-0.1, -0.05) is 309 Å². The number of rotatable bonds is 58. The van der Waals surface area contributed by atoms with Crippen molar-refractivity contribution < 1.29 is 28.6 Å².